The predicted molar refractivity (Wildman–Crippen MR) is 85.6 cm³/mol. The normalized spacial score (nSPS) is 15.0. The van der Waals surface area contributed by atoms with Gasteiger partial charge in [-0.05, 0) is 44.0 Å². The van der Waals surface area contributed by atoms with E-state index in [-0.39, 0.29) is 18.3 Å². The third-order valence-corrected chi connectivity index (χ3v) is 3.61. The van der Waals surface area contributed by atoms with Gasteiger partial charge in [-0.25, -0.2) is 0 Å². The van der Waals surface area contributed by atoms with E-state index in [0.717, 1.165) is 25.9 Å². The van der Waals surface area contributed by atoms with Crippen molar-refractivity contribution in [2.45, 2.75) is 19.3 Å². The van der Waals surface area contributed by atoms with Gasteiger partial charge in [-0.15, -0.1) is 12.4 Å². The number of amides is 1. The van der Waals surface area contributed by atoms with Crippen LogP contribution in [0.3, 0.4) is 0 Å². The van der Waals surface area contributed by atoms with Crippen molar-refractivity contribution in [3.63, 3.8) is 0 Å². The molecule has 21 heavy (non-hydrogen) atoms. The van der Waals surface area contributed by atoms with E-state index in [1.165, 1.54) is 0 Å². The zero-order chi connectivity index (χ0) is 14.4. The summed E-state index contributed by atoms with van der Waals surface area (Å²) in [7, 11) is 3.19. The SMILES string of the molecule is COc1ccc(OC)c(NC(=O)CC2CCNCC2)c1.Cl. The van der Waals surface area contributed by atoms with E-state index in [4.69, 9.17) is 9.47 Å². The Bertz CT molecular complexity index is 462. The van der Waals surface area contributed by atoms with Gasteiger partial charge >= 0.3 is 0 Å². The maximum absolute atomic E-state index is 12.1. The monoisotopic (exact) mass is 314 g/mol. The van der Waals surface area contributed by atoms with Gasteiger partial charge in [0.1, 0.15) is 11.5 Å². The lowest BCUT2D eigenvalue weighted by atomic mass is 9.94. The summed E-state index contributed by atoms with van der Waals surface area (Å²) in [5.74, 6) is 1.84. The largest absolute Gasteiger partial charge is 0.497 e. The molecule has 0 aromatic heterocycles. The number of benzene rings is 1. The van der Waals surface area contributed by atoms with Crippen molar-refractivity contribution in [3.8, 4) is 11.5 Å². The lowest BCUT2D eigenvalue weighted by Crippen LogP contribution is -2.30. The van der Waals surface area contributed by atoms with E-state index in [9.17, 15) is 4.79 Å². The zero-order valence-corrected chi connectivity index (χ0v) is 13.3. The van der Waals surface area contributed by atoms with Crippen LogP contribution in [0, 0.1) is 5.92 Å². The van der Waals surface area contributed by atoms with Crippen LogP contribution in [0.25, 0.3) is 0 Å². The Labute approximate surface area is 131 Å². The summed E-state index contributed by atoms with van der Waals surface area (Å²) in [6.07, 6.45) is 2.67. The maximum atomic E-state index is 12.1. The molecule has 5 nitrogen and oxygen atoms in total. The van der Waals surface area contributed by atoms with Gasteiger partial charge < -0.3 is 20.1 Å². The average molecular weight is 315 g/mol. The molecule has 0 unspecified atom stereocenters. The van der Waals surface area contributed by atoms with Crippen LogP contribution < -0.4 is 20.1 Å². The first-order valence-electron chi connectivity index (χ1n) is 6.95. The number of nitrogens with one attached hydrogen (secondary N) is 2. The molecule has 0 bridgehead atoms. The first-order chi connectivity index (χ1) is 9.72. The van der Waals surface area contributed by atoms with Crippen LogP contribution in [0.2, 0.25) is 0 Å². The Hall–Kier alpha value is -1.46. The fraction of sp³-hybridized carbons (Fsp3) is 0.533. The van der Waals surface area contributed by atoms with Gasteiger partial charge in [0.05, 0.1) is 19.9 Å². The highest BCUT2D eigenvalue weighted by Gasteiger charge is 2.17. The highest BCUT2D eigenvalue weighted by Crippen LogP contribution is 2.29. The Balaban J connectivity index is 0.00000220. The third-order valence-electron chi connectivity index (χ3n) is 3.61. The van der Waals surface area contributed by atoms with Crippen LogP contribution in [0.5, 0.6) is 11.5 Å². The summed E-state index contributed by atoms with van der Waals surface area (Å²) >= 11 is 0. The minimum Gasteiger partial charge on any atom is -0.497 e. The van der Waals surface area contributed by atoms with E-state index in [1.807, 2.05) is 0 Å². The topological polar surface area (TPSA) is 59.6 Å². The quantitative estimate of drug-likeness (QED) is 0.876. The van der Waals surface area contributed by atoms with Crippen molar-refractivity contribution in [1.82, 2.24) is 5.32 Å². The standard InChI is InChI=1S/C15H22N2O3.ClH/c1-19-12-3-4-14(20-2)13(10-12)17-15(18)9-11-5-7-16-8-6-11;/h3-4,10-11,16H,5-9H2,1-2H3,(H,17,18);1H. The summed E-state index contributed by atoms with van der Waals surface area (Å²) in [6.45, 7) is 2.00. The smallest absolute Gasteiger partial charge is 0.224 e. The highest BCUT2D eigenvalue weighted by molar-refractivity contribution is 5.92. The Morgan fingerprint density at radius 1 is 1.29 bits per heavy atom. The van der Waals surface area contributed by atoms with Crippen LogP contribution in [0.4, 0.5) is 5.69 Å². The van der Waals surface area contributed by atoms with Crippen molar-refractivity contribution in [3.05, 3.63) is 18.2 Å². The van der Waals surface area contributed by atoms with Gasteiger partial charge in [-0.1, -0.05) is 0 Å². The van der Waals surface area contributed by atoms with Crippen molar-refractivity contribution >= 4 is 24.0 Å². The van der Waals surface area contributed by atoms with Crippen molar-refractivity contribution < 1.29 is 14.3 Å². The molecule has 1 heterocycles. The van der Waals surface area contributed by atoms with E-state index in [1.54, 1.807) is 32.4 Å². The number of piperidine rings is 1. The molecular weight excluding hydrogens is 292 g/mol. The van der Waals surface area contributed by atoms with Crippen LogP contribution in [0.1, 0.15) is 19.3 Å². The number of carbonyl (C=O) groups excluding carboxylic acids is 1. The minimum absolute atomic E-state index is 0. The van der Waals surface area contributed by atoms with Gasteiger partial charge in [0, 0.05) is 12.5 Å². The molecule has 0 spiro atoms. The predicted octanol–water partition coefficient (Wildman–Crippen LogP) is 2.45. The summed E-state index contributed by atoms with van der Waals surface area (Å²) in [4.78, 5) is 12.1. The molecule has 1 fully saturated rings. The van der Waals surface area contributed by atoms with Gasteiger partial charge in [0.15, 0.2) is 0 Å². The second-order valence-corrected chi connectivity index (χ2v) is 5.01. The minimum atomic E-state index is 0. The molecule has 0 atom stereocenters. The van der Waals surface area contributed by atoms with Crippen molar-refractivity contribution in [1.29, 1.82) is 0 Å². The molecule has 1 amide bonds. The molecule has 1 aromatic rings. The molecule has 0 radical (unpaired) electrons. The van der Waals surface area contributed by atoms with Crippen molar-refractivity contribution in [2.24, 2.45) is 5.92 Å². The number of carbonyl (C=O) groups is 1. The highest BCUT2D eigenvalue weighted by atomic mass is 35.5. The summed E-state index contributed by atoms with van der Waals surface area (Å²) in [5.41, 5.74) is 0.658. The fourth-order valence-electron chi connectivity index (χ4n) is 2.46. The Morgan fingerprint density at radius 3 is 2.62 bits per heavy atom. The van der Waals surface area contributed by atoms with E-state index >= 15 is 0 Å². The van der Waals surface area contributed by atoms with Crippen LogP contribution in [0.15, 0.2) is 18.2 Å². The summed E-state index contributed by atoms with van der Waals surface area (Å²) in [5, 5.41) is 6.22. The molecule has 1 aromatic carbocycles. The van der Waals surface area contributed by atoms with Crippen LogP contribution in [-0.2, 0) is 4.79 Å². The number of anilines is 1. The molecule has 2 N–H and O–H groups in total. The molecular formula is C15H23ClN2O3. The first kappa shape index (κ1) is 17.6. The third kappa shape index (κ3) is 5.10. The number of halogens is 1. The molecule has 2 rings (SSSR count). The lowest BCUT2D eigenvalue weighted by molar-refractivity contribution is -0.117. The molecule has 6 heteroatoms. The summed E-state index contributed by atoms with van der Waals surface area (Å²) in [6, 6.07) is 5.37. The molecule has 1 saturated heterocycles. The van der Waals surface area contributed by atoms with E-state index in [2.05, 4.69) is 10.6 Å². The van der Waals surface area contributed by atoms with Crippen LogP contribution >= 0.6 is 12.4 Å². The zero-order valence-electron chi connectivity index (χ0n) is 12.5. The molecule has 1 aliphatic heterocycles. The van der Waals surface area contributed by atoms with Gasteiger partial charge in [0.25, 0.3) is 0 Å². The number of hydrogen-bond acceptors (Lipinski definition) is 4. The molecule has 118 valence electrons. The van der Waals surface area contributed by atoms with Gasteiger partial charge in [0.2, 0.25) is 5.91 Å². The number of methoxy groups -OCH3 is 2. The average Bonchev–Trinajstić information content (AvgIpc) is 2.48. The number of rotatable bonds is 5. The number of hydrogen-bond donors (Lipinski definition) is 2. The molecule has 1 aliphatic rings. The second-order valence-electron chi connectivity index (χ2n) is 5.01. The van der Waals surface area contributed by atoms with Crippen LogP contribution in [-0.4, -0.2) is 33.2 Å². The molecule has 0 aliphatic carbocycles. The van der Waals surface area contributed by atoms with E-state index in [0.29, 0.717) is 29.5 Å². The van der Waals surface area contributed by atoms with Gasteiger partial charge in [-0.3, -0.25) is 4.79 Å². The maximum Gasteiger partial charge on any atom is 0.224 e. The number of ether oxygens (including phenoxy) is 2. The van der Waals surface area contributed by atoms with Gasteiger partial charge in [-0.2, -0.15) is 0 Å². The molecule has 0 saturated carbocycles. The Morgan fingerprint density at radius 2 is 2.00 bits per heavy atom. The Kier molecular flexibility index (Phi) is 7.32. The first-order valence-corrected chi connectivity index (χ1v) is 6.95. The van der Waals surface area contributed by atoms with Crippen molar-refractivity contribution in [2.75, 3.05) is 32.6 Å². The van der Waals surface area contributed by atoms with E-state index < -0.39 is 0 Å². The summed E-state index contributed by atoms with van der Waals surface area (Å²) < 4.78 is 10.4. The second kappa shape index (κ2) is 8.74. The fourth-order valence-corrected chi connectivity index (χ4v) is 2.46. The lowest BCUT2D eigenvalue weighted by Gasteiger charge is -2.22.